The van der Waals surface area contributed by atoms with Crippen LogP contribution in [-0.2, 0) is 74.1 Å². The number of carbonyl (C=O) groups is 5. The Morgan fingerprint density at radius 2 is 1.00 bits per heavy atom. The van der Waals surface area contributed by atoms with Crippen LogP contribution in [0.4, 0.5) is 5.13 Å². The van der Waals surface area contributed by atoms with E-state index in [1.54, 1.807) is 53.6 Å². The quantitative estimate of drug-likeness (QED) is 0.00348. The zero-order chi connectivity index (χ0) is 81.3. The minimum Gasteiger partial charge on any atom is -0.464 e. The summed E-state index contributed by atoms with van der Waals surface area (Å²) in [7, 11) is 3.11. The Bertz CT molecular complexity index is 5060. The molecule has 10 aromatic carbocycles. The number of carbonyl (C=O) groups excluding carboxylic acids is 5. The van der Waals surface area contributed by atoms with Crippen LogP contribution in [0.1, 0.15) is 85.7 Å². The van der Waals surface area contributed by atoms with Crippen LogP contribution in [0.5, 0.6) is 11.5 Å². The number of benzene rings is 10. The van der Waals surface area contributed by atoms with Gasteiger partial charge >= 0.3 is 17.9 Å². The molecular formula is C94H87N6O15S3+. The number of methoxy groups -OCH3 is 2. The van der Waals surface area contributed by atoms with Crippen molar-refractivity contribution < 1.29 is 76.0 Å². The van der Waals surface area contributed by atoms with Gasteiger partial charge in [0.05, 0.1) is 26.4 Å². The number of esters is 3. The molecule has 0 radical (unpaired) electrons. The van der Waals surface area contributed by atoms with E-state index in [2.05, 4.69) is 15.8 Å². The summed E-state index contributed by atoms with van der Waals surface area (Å²) in [5.41, 5.74) is 4.47. The number of rotatable bonds is 39. The highest BCUT2D eigenvalue weighted by atomic mass is 32.2. The maximum absolute atomic E-state index is 15.9. The van der Waals surface area contributed by atoms with E-state index >= 15 is 19.2 Å². The molecule has 2 aliphatic rings. The fourth-order valence-corrected chi connectivity index (χ4v) is 17.4. The summed E-state index contributed by atoms with van der Waals surface area (Å²) >= 11 is 3.94. The smallest absolute Gasteiger partial charge is 0.373 e. The van der Waals surface area contributed by atoms with E-state index in [4.69, 9.17) is 52.5 Å². The van der Waals surface area contributed by atoms with Crippen LogP contribution in [0, 0.1) is 5.41 Å². The molecule has 24 heteroatoms. The van der Waals surface area contributed by atoms with Gasteiger partial charge in [0, 0.05) is 60.2 Å². The Morgan fingerprint density at radius 1 is 0.551 bits per heavy atom. The summed E-state index contributed by atoms with van der Waals surface area (Å²) < 4.78 is 55.3. The van der Waals surface area contributed by atoms with Gasteiger partial charge in [-0.1, -0.05) is 284 Å². The van der Waals surface area contributed by atoms with Gasteiger partial charge in [-0.2, -0.15) is 4.57 Å². The Hall–Kier alpha value is -12.3. The van der Waals surface area contributed by atoms with E-state index in [-0.39, 0.29) is 80.8 Å². The molecule has 0 saturated carbocycles. The Morgan fingerprint density at radius 3 is 1.47 bits per heavy atom. The first-order chi connectivity index (χ1) is 58.0. The van der Waals surface area contributed by atoms with Crippen LogP contribution in [0.25, 0.3) is 0 Å². The van der Waals surface area contributed by atoms with Gasteiger partial charge in [0.1, 0.15) is 28.1 Å². The first-order valence-corrected chi connectivity index (χ1v) is 41.3. The molecule has 2 fully saturated rings. The average molecular weight is 1640 g/mol. The second kappa shape index (κ2) is 40.5. The fraction of sp³-hybridized carbons (Fsp3) is 0.213. The number of nitrogens with one attached hydrogen (secondary N) is 2. The number of thioether (sulfide) groups is 2. The zero-order valence-electron chi connectivity index (χ0n) is 64.8. The molecule has 2 saturated heterocycles. The van der Waals surface area contributed by atoms with E-state index in [1.807, 2.05) is 285 Å². The lowest BCUT2D eigenvalue weighted by atomic mass is 9.77. The first kappa shape index (κ1) is 82.3. The van der Waals surface area contributed by atoms with Crippen LogP contribution in [0.15, 0.2) is 331 Å². The summed E-state index contributed by atoms with van der Waals surface area (Å²) in [5.74, 6) is -2.61. The molecule has 2 aromatic heterocycles. The van der Waals surface area contributed by atoms with Gasteiger partial charge in [-0.05, 0) is 62.2 Å². The lowest BCUT2D eigenvalue weighted by molar-refractivity contribution is -0.686. The Kier molecular flexibility index (Phi) is 28.3. The van der Waals surface area contributed by atoms with Gasteiger partial charge in [-0.3, -0.25) is 14.4 Å². The number of hydrogen-bond donors (Lipinski definition) is 2. The normalized spacial score (nSPS) is 15.4. The maximum atomic E-state index is 15.9. The highest BCUT2D eigenvalue weighted by molar-refractivity contribution is 8.00. The molecule has 2 aliphatic heterocycles. The minimum absolute atomic E-state index is 0.0114. The predicted octanol–water partition coefficient (Wildman–Crippen LogP) is 15.5. The first-order valence-electron chi connectivity index (χ1n) is 38.4. The molecule has 2 N–H and O–H groups in total. The molecule has 0 spiro atoms. The molecule has 0 aliphatic carbocycles. The summed E-state index contributed by atoms with van der Waals surface area (Å²) in [6, 6.07) is 93.7. The van der Waals surface area contributed by atoms with Gasteiger partial charge in [0.2, 0.25) is 18.6 Å². The van der Waals surface area contributed by atoms with Crippen molar-refractivity contribution >= 4 is 75.4 Å². The third-order valence-corrected chi connectivity index (χ3v) is 23.6. The number of nitrogens with zero attached hydrogens (tertiary/aromatic N) is 4. The van der Waals surface area contributed by atoms with Crippen molar-refractivity contribution in [3.8, 4) is 11.5 Å². The number of oxime groups is 1. The number of pyridine rings is 1. The van der Waals surface area contributed by atoms with Crippen molar-refractivity contribution in [1.29, 1.82) is 0 Å². The van der Waals surface area contributed by atoms with Gasteiger partial charge in [-0.15, -0.1) is 34.9 Å². The zero-order valence-corrected chi connectivity index (χ0v) is 67.2. The van der Waals surface area contributed by atoms with Gasteiger partial charge < -0.3 is 63.0 Å². The van der Waals surface area contributed by atoms with Crippen LogP contribution in [0.3, 0.4) is 0 Å². The molecular weight excluding hydrogens is 1550 g/mol. The molecule has 4 atom stereocenters. The molecule has 14 rings (SSSR count). The van der Waals surface area contributed by atoms with Crippen molar-refractivity contribution in [2.75, 3.05) is 77.6 Å². The molecule has 600 valence electrons. The van der Waals surface area contributed by atoms with E-state index in [0.29, 0.717) is 22.9 Å². The van der Waals surface area contributed by atoms with Crippen LogP contribution >= 0.6 is 34.9 Å². The summed E-state index contributed by atoms with van der Waals surface area (Å²) in [6.07, 6.45) is -0.591. The standard InChI is InChI=1S/C94H86N6O15S3/c1-106-54-56-108-64-110-78-49-48-72(58-79(78)111-65-109-57-55-107-2)86(90(104)113-84(68-34-16-5-17-35-68)69-36-18-6-19-37-69)115-98-81(77-60-116-92(95-77)97-94(73-42-24-9-25-43-73,74-44-26-10-27-45-74)75-46-28-11-29-47-75)87(102)96-82-88(103)100-61-93(63-118-89(82)100,91(105)114-85(70-38-20-7-21-39-70)71-40-22-8-23-41-71)62-117-76-50-52-99(53-51-76)59-80(101)112-83(66-30-12-3-13-31-66)67-32-14-4-15-33-67/h3-53,58,60,82-86,89H,54-57,59,61-65H2,1-2H3,(H-,95,96,97,102)/p+1/t82?,86?,89-,93?/m1/s1. The lowest BCUT2D eigenvalue weighted by Crippen LogP contribution is -2.74. The molecule has 118 heavy (non-hydrogen) atoms. The SMILES string of the molecule is COCCOCOc1ccc(C(ON=C(C(=O)NC2C(=O)N3CC(CSc4cc[n+](CC(=O)OC(c5ccccc5)c5ccccc5)cc4)(C(=O)OC(c4ccccc4)c4ccccc4)CS[C@H]23)c2csc(NC(c3ccccc3)(c3ccccc3)c3ccccc3)n2)C(=O)OC(c2ccccc2)c2ccccc2)cc1OCOCCOC. The molecule has 21 nitrogen and oxygen atoms in total. The minimum atomic E-state index is -1.76. The van der Waals surface area contributed by atoms with Crippen molar-refractivity contribution in [1.82, 2.24) is 15.2 Å². The molecule has 3 unspecified atom stereocenters. The molecule has 2 amide bonds. The van der Waals surface area contributed by atoms with Crippen molar-refractivity contribution in [2.24, 2.45) is 10.6 Å². The molecule has 4 heterocycles. The van der Waals surface area contributed by atoms with E-state index < -0.39 is 82.2 Å². The Labute approximate surface area is 697 Å². The van der Waals surface area contributed by atoms with Crippen molar-refractivity contribution in [2.45, 2.75) is 52.8 Å². The van der Waals surface area contributed by atoms with E-state index in [1.165, 1.54) is 40.9 Å². The molecule has 12 aromatic rings. The summed E-state index contributed by atoms with van der Waals surface area (Å²) in [5, 5.41) is 12.8. The number of ether oxygens (including phenoxy) is 9. The van der Waals surface area contributed by atoms with Crippen LogP contribution in [0.2, 0.25) is 0 Å². The number of hydrogen-bond acceptors (Lipinski definition) is 21. The number of aromatic nitrogens is 2. The number of β-lactam (4-membered cyclic amide) rings is 1. The fourth-order valence-electron chi connectivity index (χ4n) is 13.9. The number of fused-ring (bicyclic) bond motifs is 1. The number of thiazole rings is 1. The average Bonchev–Trinajstić information content (AvgIpc) is 1.09. The van der Waals surface area contributed by atoms with E-state index in [0.717, 1.165) is 43.8 Å². The van der Waals surface area contributed by atoms with Gasteiger partial charge in [0.25, 0.3) is 5.91 Å². The van der Waals surface area contributed by atoms with Crippen LogP contribution < -0.4 is 24.7 Å². The summed E-state index contributed by atoms with van der Waals surface area (Å²) in [4.78, 5) is 90.4. The summed E-state index contributed by atoms with van der Waals surface area (Å²) in [6.45, 7) is 0.419. The van der Waals surface area contributed by atoms with Gasteiger partial charge in [-0.25, -0.2) is 14.6 Å². The highest BCUT2D eigenvalue weighted by Gasteiger charge is 2.58. The van der Waals surface area contributed by atoms with Gasteiger partial charge in [0.15, 0.2) is 66.6 Å². The predicted molar refractivity (Wildman–Crippen MR) is 451 cm³/mol. The topological polar surface area (TPSA) is 234 Å². The second-order valence-corrected chi connectivity index (χ2v) is 30.8. The number of anilines is 1. The third kappa shape index (κ3) is 20.2. The van der Waals surface area contributed by atoms with Crippen molar-refractivity contribution in [3.63, 3.8) is 0 Å². The number of amides is 2. The maximum Gasteiger partial charge on any atom is 0.373 e. The largest absolute Gasteiger partial charge is 0.464 e. The second-order valence-electron chi connectivity index (χ2n) is 27.8. The van der Waals surface area contributed by atoms with E-state index in [9.17, 15) is 4.79 Å². The third-order valence-electron chi connectivity index (χ3n) is 19.9. The lowest BCUT2D eigenvalue weighted by Gasteiger charge is -2.54. The highest BCUT2D eigenvalue weighted by Crippen LogP contribution is 2.47. The monoisotopic (exact) mass is 1640 g/mol. The van der Waals surface area contributed by atoms with Crippen molar-refractivity contribution in [3.05, 3.63) is 382 Å². The Balaban J connectivity index is 0.796. The molecule has 0 bridgehead atoms. The van der Waals surface area contributed by atoms with Crippen LogP contribution in [-0.4, -0.2) is 129 Å².